The molecule has 1 atom stereocenters. The molecule has 3 aromatic carbocycles. The van der Waals surface area contributed by atoms with Crippen molar-refractivity contribution in [2.24, 2.45) is 0 Å². The van der Waals surface area contributed by atoms with E-state index in [1.54, 1.807) is 4.90 Å². The second kappa shape index (κ2) is 11.4. The molecule has 39 heavy (non-hydrogen) atoms. The number of carbonyl (C=O) groups is 1. The van der Waals surface area contributed by atoms with Crippen molar-refractivity contribution in [3.05, 3.63) is 112 Å². The number of nitrogens with zero attached hydrogens (tertiary/aromatic N) is 3. The Kier molecular flexibility index (Phi) is 8.19. The summed E-state index contributed by atoms with van der Waals surface area (Å²) in [7, 11) is 1.82. The van der Waals surface area contributed by atoms with Gasteiger partial charge in [-0.05, 0) is 67.5 Å². The third-order valence-electron chi connectivity index (χ3n) is 7.01. The predicted octanol–water partition coefficient (Wildman–Crippen LogP) is 7.57. The van der Waals surface area contributed by atoms with Crippen LogP contribution in [-0.4, -0.2) is 34.4 Å². The normalized spacial score (nSPS) is 12.2. The van der Waals surface area contributed by atoms with Crippen LogP contribution in [0, 0.1) is 27.7 Å². The summed E-state index contributed by atoms with van der Waals surface area (Å²) in [6, 6.07) is 24.3. The van der Waals surface area contributed by atoms with Crippen molar-refractivity contribution in [1.29, 1.82) is 0 Å². The largest absolute Gasteiger partial charge is 0.467 e. The van der Waals surface area contributed by atoms with Gasteiger partial charge in [-0.25, -0.2) is 4.98 Å². The highest BCUT2D eigenvalue weighted by molar-refractivity contribution is 5.94. The van der Waals surface area contributed by atoms with Crippen LogP contribution in [0.4, 0.5) is 0 Å². The van der Waals surface area contributed by atoms with E-state index in [0.29, 0.717) is 23.8 Å². The maximum Gasteiger partial charge on any atom is 0.253 e. The molecule has 5 nitrogen and oxygen atoms in total. The van der Waals surface area contributed by atoms with Crippen molar-refractivity contribution >= 4 is 5.91 Å². The van der Waals surface area contributed by atoms with Gasteiger partial charge in [-0.15, -0.1) is 0 Å². The predicted molar refractivity (Wildman–Crippen MR) is 158 cm³/mol. The number of aryl methyl sites for hydroxylation is 4. The zero-order valence-electron chi connectivity index (χ0n) is 24.4. The molecule has 0 radical (unpaired) electrons. The number of carbonyl (C=O) groups excluding carboxylic acids is 1. The molecule has 4 aromatic rings. The van der Waals surface area contributed by atoms with Gasteiger partial charge in [0, 0.05) is 24.2 Å². The van der Waals surface area contributed by atoms with E-state index in [-0.39, 0.29) is 11.3 Å². The third-order valence-corrected chi connectivity index (χ3v) is 7.01. The van der Waals surface area contributed by atoms with Gasteiger partial charge >= 0.3 is 0 Å². The highest BCUT2D eigenvalue weighted by Crippen LogP contribution is 2.31. The SMILES string of the molecule is Cc1cccc(C(=O)N(C)CC(Oc2cc(-c3c(C)cccc3C)nc(C)n2)c2ccc(C(C)(C)C)cc2)c1. The highest BCUT2D eigenvalue weighted by Gasteiger charge is 2.23. The number of rotatable bonds is 7. The van der Waals surface area contributed by atoms with Crippen LogP contribution in [0.3, 0.4) is 0 Å². The molecule has 0 spiro atoms. The van der Waals surface area contributed by atoms with E-state index in [2.05, 4.69) is 82.1 Å². The highest BCUT2D eigenvalue weighted by atomic mass is 16.5. The van der Waals surface area contributed by atoms with Crippen LogP contribution in [0.2, 0.25) is 0 Å². The lowest BCUT2D eigenvalue weighted by Crippen LogP contribution is -2.33. The summed E-state index contributed by atoms with van der Waals surface area (Å²) in [6.45, 7) is 15.0. The van der Waals surface area contributed by atoms with E-state index in [9.17, 15) is 4.79 Å². The molecule has 0 fully saturated rings. The lowest BCUT2D eigenvalue weighted by molar-refractivity contribution is 0.0706. The first kappa shape index (κ1) is 28.0. The molecular weight excluding hydrogens is 482 g/mol. The fourth-order valence-electron chi connectivity index (χ4n) is 4.83. The van der Waals surface area contributed by atoms with Crippen molar-refractivity contribution in [2.75, 3.05) is 13.6 Å². The van der Waals surface area contributed by atoms with Gasteiger partial charge < -0.3 is 9.64 Å². The quantitative estimate of drug-likeness (QED) is 0.252. The number of amides is 1. The standard InChI is InChI=1S/C34H39N3O2/c1-22-11-9-14-27(19-22)33(38)37(8)21-30(26-15-17-28(18-16-26)34(5,6)7)39-31-20-29(35-25(4)36-31)32-23(2)12-10-13-24(32)3/h9-20,30H,21H2,1-8H3. The van der Waals surface area contributed by atoms with Crippen molar-refractivity contribution < 1.29 is 9.53 Å². The Labute approximate surface area is 232 Å². The molecule has 0 bridgehead atoms. The van der Waals surface area contributed by atoms with Gasteiger partial charge in [0.15, 0.2) is 0 Å². The summed E-state index contributed by atoms with van der Waals surface area (Å²) >= 11 is 0. The van der Waals surface area contributed by atoms with Crippen LogP contribution in [0.25, 0.3) is 11.3 Å². The van der Waals surface area contributed by atoms with Crippen LogP contribution < -0.4 is 4.74 Å². The summed E-state index contributed by atoms with van der Waals surface area (Å²) in [6.07, 6.45) is -0.419. The van der Waals surface area contributed by atoms with Gasteiger partial charge in [-0.1, -0.05) is 80.9 Å². The smallest absolute Gasteiger partial charge is 0.253 e. The van der Waals surface area contributed by atoms with Gasteiger partial charge in [0.1, 0.15) is 11.9 Å². The summed E-state index contributed by atoms with van der Waals surface area (Å²) in [5.74, 6) is 1.08. The Hall–Kier alpha value is -3.99. The van der Waals surface area contributed by atoms with Gasteiger partial charge in [-0.2, -0.15) is 4.98 Å². The molecule has 4 rings (SSSR count). The van der Waals surface area contributed by atoms with E-state index >= 15 is 0 Å². The topological polar surface area (TPSA) is 55.3 Å². The second-order valence-electron chi connectivity index (χ2n) is 11.4. The van der Waals surface area contributed by atoms with Crippen molar-refractivity contribution in [2.45, 2.75) is 60.0 Å². The first-order valence-corrected chi connectivity index (χ1v) is 13.4. The van der Waals surface area contributed by atoms with Crippen LogP contribution in [0.15, 0.2) is 72.8 Å². The van der Waals surface area contributed by atoms with Gasteiger partial charge in [0.25, 0.3) is 5.91 Å². The van der Waals surface area contributed by atoms with Crippen molar-refractivity contribution in [3.8, 4) is 17.1 Å². The molecule has 0 aliphatic carbocycles. The van der Waals surface area contributed by atoms with Gasteiger partial charge in [0.2, 0.25) is 5.88 Å². The minimum absolute atomic E-state index is 0.0386. The van der Waals surface area contributed by atoms with E-state index in [1.165, 1.54) is 5.56 Å². The number of benzene rings is 3. The average molecular weight is 522 g/mol. The van der Waals surface area contributed by atoms with Crippen molar-refractivity contribution in [3.63, 3.8) is 0 Å². The van der Waals surface area contributed by atoms with Crippen LogP contribution in [-0.2, 0) is 5.41 Å². The average Bonchev–Trinajstić information content (AvgIpc) is 2.87. The molecule has 0 aliphatic heterocycles. The Morgan fingerprint density at radius 1 is 0.872 bits per heavy atom. The number of likely N-dealkylation sites (N-methyl/N-ethyl adjacent to an activating group) is 1. The Balaban J connectivity index is 1.69. The molecule has 1 heterocycles. The molecule has 0 N–H and O–H groups in total. The molecule has 202 valence electrons. The number of ether oxygens (including phenoxy) is 1. The Bertz CT molecular complexity index is 1450. The van der Waals surface area contributed by atoms with E-state index < -0.39 is 6.10 Å². The monoisotopic (exact) mass is 521 g/mol. The zero-order chi connectivity index (χ0) is 28.3. The number of aromatic nitrogens is 2. The third kappa shape index (κ3) is 6.72. The minimum Gasteiger partial charge on any atom is -0.467 e. The summed E-state index contributed by atoms with van der Waals surface area (Å²) in [5.41, 5.74) is 8.20. The molecular formula is C34H39N3O2. The van der Waals surface area contributed by atoms with Gasteiger partial charge in [-0.3, -0.25) is 4.79 Å². The fraction of sp³-hybridized carbons (Fsp3) is 0.324. The Morgan fingerprint density at radius 3 is 2.13 bits per heavy atom. The molecule has 1 unspecified atom stereocenters. The van der Waals surface area contributed by atoms with Crippen LogP contribution in [0.1, 0.15) is 70.9 Å². The minimum atomic E-state index is -0.419. The molecule has 0 aliphatic rings. The molecule has 0 saturated carbocycles. The number of hydrogen-bond acceptors (Lipinski definition) is 4. The van der Waals surface area contributed by atoms with E-state index in [0.717, 1.165) is 33.5 Å². The fourth-order valence-corrected chi connectivity index (χ4v) is 4.83. The maximum absolute atomic E-state index is 13.3. The first-order valence-electron chi connectivity index (χ1n) is 13.4. The lowest BCUT2D eigenvalue weighted by atomic mass is 9.86. The summed E-state index contributed by atoms with van der Waals surface area (Å²) in [5, 5.41) is 0. The summed E-state index contributed by atoms with van der Waals surface area (Å²) in [4.78, 5) is 24.4. The van der Waals surface area contributed by atoms with E-state index in [4.69, 9.17) is 9.72 Å². The summed E-state index contributed by atoms with van der Waals surface area (Å²) < 4.78 is 6.58. The van der Waals surface area contributed by atoms with Crippen LogP contribution >= 0.6 is 0 Å². The first-order chi connectivity index (χ1) is 18.4. The number of hydrogen-bond donors (Lipinski definition) is 0. The molecule has 5 heteroatoms. The van der Waals surface area contributed by atoms with E-state index in [1.807, 2.05) is 51.2 Å². The zero-order valence-corrected chi connectivity index (χ0v) is 24.4. The molecule has 1 aromatic heterocycles. The molecule has 0 saturated heterocycles. The molecule has 1 amide bonds. The van der Waals surface area contributed by atoms with Crippen molar-refractivity contribution in [1.82, 2.24) is 14.9 Å². The second-order valence-corrected chi connectivity index (χ2v) is 11.4. The van der Waals surface area contributed by atoms with Gasteiger partial charge in [0.05, 0.1) is 12.2 Å². The lowest BCUT2D eigenvalue weighted by Gasteiger charge is -2.26. The Morgan fingerprint density at radius 2 is 1.51 bits per heavy atom. The van der Waals surface area contributed by atoms with Crippen LogP contribution in [0.5, 0.6) is 5.88 Å². The maximum atomic E-state index is 13.3.